The summed E-state index contributed by atoms with van der Waals surface area (Å²) in [6.07, 6.45) is 8.14. The van der Waals surface area contributed by atoms with Crippen LogP contribution in [0.3, 0.4) is 0 Å². The molecule has 1 fully saturated rings. The molecule has 1 aliphatic rings. The molecule has 3 rings (SSSR count). The Hall–Kier alpha value is -2.79. The average Bonchev–Trinajstić information content (AvgIpc) is 3.46. The van der Waals surface area contributed by atoms with Crippen molar-refractivity contribution in [1.29, 1.82) is 0 Å². The molecule has 5 nitrogen and oxygen atoms in total. The van der Waals surface area contributed by atoms with Crippen LogP contribution < -0.4 is 10.5 Å². The third-order valence-electron chi connectivity index (χ3n) is 4.49. The van der Waals surface area contributed by atoms with Gasteiger partial charge in [0.05, 0.1) is 24.2 Å². The molecular weight excluding hydrogens is 338 g/mol. The quantitative estimate of drug-likeness (QED) is 0.530. The van der Waals surface area contributed by atoms with E-state index in [1.54, 1.807) is 7.11 Å². The van der Waals surface area contributed by atoms with Crippen molar-refractivity contribution in [2.24, 2.45) is 5.73 Å². The second kappa shape index (κ2) is 8.73. The molecule has 0 aliphatic heterocycles. The fourth-order valence-corrected chi connectivity index (χ4v) is 2.83. The van der Waals surface area contributed by atoms with E-state index in [0.717, 1.165) is 34.2 Å². The Morgan fingerprint density at radius 3 is 2.63 bits per heavy atom. The first kappa shape index (κ1) is 19.0. The predicted octanol–water partition coefficient (Wildman–Crippen LogP) is 4.34. The highest BCUT2D eigenvalue weighted by atomic mass is 16.5. The van der Waals surface area contributed by atoms with Gasteiger partial charge in [-0.3, -0.25) is 0 Å². The van der Waals surface area contributed by atoms with Crippen LogP contribution in [0.5, 0.6) is 5.75 Å². The lowest BCUT2D eigenvalue weighted by Crippen LogP contribution is -2.10. The highest BCUT2D eigenvalue weighted by Crippen LogP contribution is 2.41. The first-order valence-electron chi connectivity index (χ1n) is 9.27. The van der Waals surface area contributed by atoms with Gasteiger partial charge in [-0.25, -0.2) is 4.68 Å². The molecule has 1 heterocycles. The first-order valence-corrected chi connectivity index (χ1v) is 9.27. The van der Waals surface area contributed by atoms with Gasteiger partial charge in [-0.2, -0.15) is 5.10 Å². The lowest BCUT2D eigenvalue weighted by atomic mass is 10.1. The van der Waals surface area contributed by atoms with Gasteiger partial charge in [0, 0.05) is 18.0 Å². The molecule has 1 aromatic heterocycles. The summed E-state index contributed by atoms with van der Waals surface area (Å²) in [4.78, 5) is 0. The Morgan fingerprint density at radius 2 is 2.04 bits per heavy atom. The van der Waals surface area contributed by atoms with Crippen LogP contribution in [0, 0.1) is 0 Å². The molecule has 0 bridgehead atoms. The zero-order chi connectivity index (χ0) is 19.2. The molecule has 2 N–H and O–H groups in total. The van der Waals surface area contributed by atoms with Crippen LogP contribution in [0.25, 0.3) is 17.0 Å². The second-order valence-corrected chi connectivity index (χ2v) is 6.52. The fourth-order valence-electron chi connectivity index (χ4n) is 2.83. The summed E-state index contributed by atoms with van der Waals surface area (Å²) in [6.45, 7) is 7.14. The summed E-state index contributed by atoms with van der Waals surface area (Å²) >= 11 is 0. The fraction of sp³-hybridized carbons (Fsp3) is 0.318. The van der Waals surface area contributed by atoms with E-state index in [1.807, 2.05) is 54.1 Å². The number of aromatic nitrogens is 2. The number of rotatable bonds is 9. The summed E-state index contributed by atoms with van der Waals surface area (Å²) in [7, 11) is 1.65. The lowest BCUT2D eigenvalue weighted by molar-refractivity contribution is 0.306. The van der Waals surface area contributed by atoms with Gasteiger partial charge in [-0.1, -0.05) is 6.58 Å². The molecule has 27 heavy (non-hydrogen) atoms. The van der Waals surface area contributed by atoms with Crippen LogP contribution in [-0.2, 0) is 4.74 Å². The van der Waals surface area contributed by atoms with E-state index in [4.69, 9.17) is 20.3 Å². The van der Waals surface area contributed by atoms with Crippen molar-refractivity contribution in [2.75, 3.05) is 20.3 Å². The second-order valence-electron chi connectivity index (χ2n) is 6.52. The van der Waals surface area contributed by atoms with Crippen LogP contribution in [0.1, 0.15) is 31.4 Å². The molecule has 0 atom stereocenters. The minimum Gasteiger partial charge on any atom is -0.497 e. The van der Waals surface area contributed by atoms with Crippen molar-refractivity contribution in [3.05, 3.63) is 66.6 Å². The highest BCUT2D eigenvalue weighted by Gasteiger charge is 2.27. The summed E-state index contributed by atoms with van der Waals surface area (Å²) in [5.74, 6) is 2.17. The standard InChI is InChI=1S/C22H27N3O2/c1-4-19(26-3)10-5-16(2)25-22(15-21(24-25)17-6-7-17)18-8-11-20(12-9-18)27-14-13-23/h4-5,8-12,15,17H,2,6-7,13-14,23H2,1,3H3/b10-5-,19-4+. The highest BCUT2D eigenvalue weighted by molar-refractivity contribution is 5.68. The number of allylic oxidation sites excluding steroid dienone is 4. The maximum Gasteiger partial charge on any atom is 0.119 e. The molecular formula is C22H27N3O2. The monoisotopic (exact) mass is 365 g/mol. The smallest absolute Gasteiger partial charge is 0.119 e. The minimum absolute atomic E-state index is 0.501. The molecule has 142 valence electrons. The Kier molecular flexibility index (Phi) is 6.14. The average molecular weight is 365 g/mol. The molecule has 1 aromatic carbocycles. The van der Waals surface area contributed by atoms with Gasteiger partial charge in [0.25, 0.3) is 0 Å². The number of ether oxygens (including phenoxy) is 2. The van der Waals surface area contributed by atoms with E-state index < -0.39 is 0 Å². The van der Waals surface area contributed by atoms with Crippen molar-refractivity contribution in [1.82, 2.24) is 9.78 Å². The third kappa shape index (κ3) is 4.68. The Labute approximate surface area is 160 Å². The van der Waals surface area contributed by atoms with Crippen LogP contribution >= 0.6 is 0 Å². The van der Waals surface area contributed by atoms with Gasteiger partial charge < -0.3 is 15.2 Å². The Balaban J connectivity index is 1.89. The van der Waals surface area contributed by atoms with Crippen LogP contribution in [0.15, 0.2) is 60.9 Å². The molecule has 1 aliphatic carbocycles. The van der Waals surface area contributed by atoms with E-state index in [1.165, 1.54) is 12.8 Å². The van der Waals surface area contributed by atoms with E-state index >= 15 is 0 Å². The van der Waals surface area contributed by atoms with Crippen molar-refractivity contribution in [3.8, 4) is 17.0 Å². The first-order chi connectivity index (χ1) is 13.2. The van der Waals surface area contributed by atoms with Crippen molar-refractivity contribution in [2.45, 2.75) is 25.7 Å². The Bertz CT molecular complexity index is 843. The van der Waals surface area contributed by atoms with Gasteiger partial charge in [0.2, 0.25) is 0 Å². The van der Waals surface area contributed by atoms with Gasteiger partial charge >= 0.3 is 0 Å². The molecule has 2 aromatic rings. The van der Waals surface area contributed by atoms with E-state index in [-0.39, 0.29) is 0 Å². The molecule has 0 spiro atoms. The van der Waals surface area contributed by atoms with Crippen LogP contribution in [-0.4, -0.2) is 30.0 Å². The van der Waals surface area contributed by atoms with Gasteiger partial charge in [-0.05, 0) is 68.3 Å². The molecule has 1 saturated carbocycles. The van der Waals surface area contributed by atoms with Crippen LogP contribution in [0.4, 0.5) is 0 Å². The summed E-state index contributed by atoms with van der Waals surface area (Å²) in [5.41, 5.74) is 9.50. The summed E-state index contributed by atoms with van der Waals surface area (Å²) in [5, 5.41) is 4.81. The molecule has 5 heteroatoms. The van der Waals surface area contributed by atoms with Gasteiger partial charge in [0.15, 0.2) is 0 Å². The van der Waals surface area contributed by atoms with E-state index in [2.05, 4.69) is 12.6 Å². The molecule has 0 unspecified atom stereocenters. The number of methoxy groups -OCH3 is 1. The number of hydrogen-bond donors (Lipinski definition) is 1. The van der Waals surface area contributed by atoms with Crippen molar-refractivity contribution < 1.29 is 9.47 Å². The SMILES string of the molecule is C=C(/C=C\C(=C/C)OC)n1nc(C2CC2)cc1-c1ccc(OCCN)cc1. The maximum atomic E-state index is 5.57. The predicted molar refractivity (Wildman–Crippen MR) is 109 cm³/mol. The van der Waals surface area contributed by atoms with Crippen LogP contribution in [0.2, 0.25) is 0 Å². The molecule has 0 saturated heterocycles. The van der Waals surface area contributed by atoms with Crippen molar-refractivity contribution >= 4 is 5.70 Å². The molecule has 0 amide bonds. The zero-order valence-electron chi connectivity index (χ0n) is 16.0. The molecule has 0 radical (unpaired) electrons. The normalized spacial score (nSPS) is 14.6. The number of benzene rings is 1. The third-order valence-corrected chi connectivity index (χ3v) is 4.49. The van der Waals surface area contributed by atoms with Gasteiger partial charge in [-0.15, -0.1) is 0 Å². The number of hydrogen-bond acceptors (Lipinski definition) is 4. The van der Waals surface area contributed by atoms with Gasteiger partial charge in [0.1, 0.15) is 18.1 Å². The van der Waals surface area contributed by atoms with Crippen molar-refractivity contribution in [3.63, 3.8) is 0 Å². The van der Waals surface area contributed by atoms with E-state index in [0.29, 0.717) is 19.1 Å². The largest absolute Gasteiger partial charge is 0.497 e. The number of nitrogens with zero attached hydrogens (tertiary/aromatic N) is 2. The Morgan fingerprint density at radius 1 is 1.30 bits per heavy atom. The number of nitrogens with two attached hydrogens (primary N) is 1. The minimum atomic E-state index is 0.501. The zero-order valence-corrected chi connectivity index (χ0v) is 16.0. The van der Waals surface area contributed by atoms with E-state index in [9.17, 15) is 0 Å². The summed E-state index contributed by atoms with van der Waals surface area (Å²) < 4.78 is 12.8. The lowest BCUT2D eigenvalue weighted by Gasteiger charge is -2.09. The topological polar surface area (TPSA) is 62.3 Å². The maximum absolute atomic E-state index is 5.57. The summed E-state index contributed by atoms with van der Waals surface area (Å²) in [6, 6.07) is 10.2.